The number of methoxy groups -OCH3 is 1. The Morgan fingerprint density at radius 1 is 1.05 bits per heavy atom. The normalized spacial score (nSPS) is 18.9. The molecule has 0 spiro atoms. The molecule has 0 saturated carbocycles. The largest absolute Gasteiger partial charge is 0.494 e. The number of para-hydroxylation sites is 1. The maximum absolute atomic E-state index is 14.2. The maximum atomic E-state index is 14.2. The number of morpholine rings is 1. The summed E-state index contributed by atoms with van der Waals surface area (Å²) in [6, 6.07) is 4.72. The second kappa shape index (κ2) is 9.95. The number of halogens is 2. The molecule has 1 atom stereocenters. The zero-order valence-corrected chi connectivity index (χ0v) is 21.5. The summed E-state index contributed by atoms with van der Waals surface area (Å²) in [5.74, 6) is 0.444. The van der Waals surface area contributed by atoms with E-state index in [2.05, 4.69) is 19.9 Å². The summed E-state index contributed by atoms with van der Waals surface area (Å²) in [6.45, 7) is 2.88. The van der Waals surface area contributed by atoms with E-state index < -0.39 is 22.3 Å². The fraction of sp³-hybridized carbons (Fsp3) is 0.545. The Kier molecular flexibility index (Phi) is 6.85. The summed E-state index contributed by atoms with van der Waals surface area (Å²) >= 11 is 0. The van der Waals surface area contributed by atoms with Gasteiger partial charge in [-0.15, -0.1) is 0 Å². The van der Waals surface area contributed by atoms with Crippen LogP contribution in [0.2, 0.25) is 0 Å². The minimum atomic E-state index is -3.38. The lowest BCUT2D eigenvalue weighted by Crippen LogP contribution is -2.39. The molecule has 5 rings (SSSR count). The number of sulfonamides is 1. The molecule has 200 valence electrons. The molecule has 2 saturated heterocycles. The molecular weight excluding hydrogens is 510 g/mol. The summed E-state index contributed by atoms with van der Waals surface area (Å²) in [4.78, 5) is 21.7. The Morgan fingerprint density at radius 2 is 1.73 bits per heavy atom. The smallest absolute Gasteiger partial charge is 0.296 e. The number of nitrogens with zero attached hydrogens (tertiary/aromatic N) is 8. The van der Waals surface area contributed by atoms with Gasteiger partial charge in [-0.05, 0) is 18.6 Å². The van der Waals surface area contributed by atoms with Crippen molar-refractivity contribution in [2.75, 3.05) is 69.6 Å². The fourth-order valence-electron chi connectivity index (χ4n) is 4.59. The van der Waals surface area contributed by atoms with Crippen molar-refractivity contribution in [3.05, 3.63) is 24.0 Å². The number of aromatic nitrogens is 5. The molecule has 0 bridgehead atoms. The second-order valence-corrected chi connectivity index (χ2v) is 11.0. The van der Waals surface area contributed by atoms with Gasteiger partial charge < -0.3 is 19.3 Å². The summed E-state index contributed by atoms with van der Waals surface area (Å²) in [6.07, 6.45) is -1.16. The van der Waals surface area contributed by atoms with Crippen molar-refractivity contribution in [2.24, 2.45) is 0 Å². The Balaban J connectivity index is 1.63. The monoisotopic (exact) mass is 538 g/mol. The molecule has 4 heterocycles. The first kappa shape index (κ1) is 25.5. The summed E-state index contributed by atoms with van der Waals surface area (Å²) < 4.78 is 65.9. The number of alkyl halides is 2. The number of fused-ring (bicyclic) bond motifs is 1. The molecule has 2 aliphatic heterocycles. The van der Waals surface area contributed by atoms with E-state index in [9.17, 15) is 17.2 Å². The highest BCUT2D eigenvalue weighted by Gasteiger charge is 2.33. The van der Waals surface area contributed by atoms with Gasteiger partial charge in [0.05, 0.1) is 32.1 Å². The van der Waals surface area contributed by atoms with E-state index in [1.165, 1.54) is 16.0 Å². The number of hydrogen-bond donors (Lipinski definition) is 0. The molecule has 15 heteroatoms. The van der Waals surface area contributed by atoms with Crippen LogP contribution in [0.1, 0.15) is 18.7 Å². The van der Waals surface area contributed by atoms with E-state index in [0.717, 1.165) is 6.26 Å². The molecule has 2 fully saturated rings. The van der Waals surface area contributed by atoms with Crippen LogP contribution in [-0.4, -0.2) is 103 Å². The van der Waals surface area contributed by atoms with E-state index in [0.29, 0.717) is 63.0 Å². The standard InChI is InChI=1S/C22H28F2N8O4S/c1-29(37(3,33)34)14-7-8-31(13-14)21-26-20(30-9-11-36-12-10-30)27-22(28-21)32-15-5-4-6-16(35-2)17(15)25-19(32)18(23)24/h4-6,14,18H,7-13H2,1-3H3/t14-/m1/s1. The maximum Gasteiger partial charge on any atom is 0.296 e. The molecule has 3 aromatic rings. The number of likely N-dealkylation sites (N-methyl/N-ethyl adjacent to an activating group) is 1. The molecule has 0 N–H and O–H groups in total. The fourth-order valence-corrected chi connectivity index (χ4v) is 5.31. The predicted octanol–water partition coefficient (Wildman–Crippen LogP) is 1.46. The van der Waals surface area contributed by atoms with Gasteiger partial charge >= 0.3 is 0 Å². The summed E-state index contributed by atoms with van der Waals surface area (Å²) in [7, 11) is -0.391. The number of anilines is 2. The van der Waals surface area contributed by atoms with Crippen LogP contribution in [0.5, 0.6) is 5.75 Å². The zero-order valence-electron chi connectivity index (χ0n) is 20.7. The molecule has 37 heavy (non-hydrogen) atoms. The second-order valence-electron chi connectivity index (χ2n) is 8.94. The highest BCUT2D eigenvalue weighted by molar-refractivity contribution is 7.88. The van der Waals surface area contributed by atoms with Gasteiger partial charge in [0.1, 0.15) is 11.3 Å². The van der Waals surface area contributed by atoms with Gasteiger partial charge in [-0.25, -0.2) is 26.5 Å². The SMILES string of the molecule is COc1cccc2c1nc(C(F)F)n2-c1nc(N2CCOCC2)nc(N2CC[C@@H](N(C)S(C)(=O)=O)C2)n1. The van der Waals surface area contributed by atoms with Crippen molar-refractivity contribution in [3.8, 4) is 11.7 Å². The first-order chi connectivity index (χ1) is 17.7. The lowest BCUT2D eigenvalue weighted by molar-refractivity contribution is 0.122. The minimum Gasteiger partial charge on any atom is -0.494 e. The van der Waals surface area contributed by atoms with Gasteiger partial charge in [0, 0.05) is 39.3 Å². The number of rotatable bonds is 7. The highest BCUT2D eigenvalue weighted by Crippen LogP contribution is 2.33. The van der Waals surface area contributed by atoms with Crippen LogP contribution < -0.4 is 14.5 Å². The van der Waals surface area contributed by atoms with E-state index in [1.807, 2.05) is 9.80 Å². The van der Waals surface area contributed by atoms with E-state index in [-0.39, 0.29) is 23.5 Å². The van der Waals surface area contributed by atoms with Crippen molar-refractivity contribution in [2.45, 2.75) is 18.9 Å². The van der Waals surface area contributed by atoms with E-state index in [1.54, 1.807) is 25.2 Å². The molecule has 0 amide bonds. The Hall–Kier alpha value is -3.17. The molecule has 0 radical (unpaired) electrons. The van der Waals surface area contributed by atoms with Crippen LogP contribution in [0.3, 0.4) is 0 Å². The van der Waals surface area contributed by atoms with Crippen LogP contribution in [0.4, 0.5) is 20.7 Å². The molecular formula is C22H28F2N8O4S. The lowest BCUT2D eigenvalue weighted by atomic mass is 10.3. The van der Waals surface area contributed by atoms with Crippen LogP contribution in [0, 0.1) is 0 Å². The number of hydrogen-bond acceptors (Lipinski definition) is 10. The third kappa shape index (κ3) is 4.90. The van der Waals surface area contributed by atoms with Crippen molar-refractivity contribution in [1.29, 1.82) is 0 Å². The Morgan fingerprint density at radius 3 is 2.38 bits per heavy atom. The van der Waals surface area contributed by atoms with Crippen molar-refractivity contribution in [1.82, 2.24) is 28.8 Å². The van der Waals surface area contributed by atoms with Crippen LogP contribution in [0.15, 0.2) is 18.2 Å². The number of imidazole rings is 1. The topological polar surface area (TPSA) is 119 Å². The lowest BCUT2D eigenvalue weighted by Gasteiger charge is -2.28. The van der Waals surface area contributed by atoms with Crippen LogP contribution in [-0.2, 0) is 14.8 Å². The quantitative estimate of drug-likeness (QED) is 0.437. The zero-order chi connectivity index (χ0) is 26.3. The molecule has 0 unspecified atom stereocenters. The van der Waals surface area contributed by atoms with Gasteiger partial charge in [0.2, 0.25) is 27.9 Å². The van der Waals surface area contributed by atoms with Crippen LogP contribution >= 0.6 is 0 Å². The van der Waals surface area contributed by atoms with Crippen molar-refractivity contribution in [3.63, 3.8) is 0 Å². The summed E-state index contributed by atoms with van der Waals surface area (Å²) in [5, 5.41) is 0. The van der Waals surface area contributed by atoms with Gasteiger partial charge in [0.15, 0.2) is 5.82 Å². The number of benzene rings is 1. The third-order valence-electron chi connectivity index (χ3n) is 6.67. The molecule has 0 aliphatic carbocycles. The average molecular weight is 539 g/mol. The van der Waals surface area contributed by atoms with E-state index >= 15 is 0 Å². The van der Waals surface area contributed by atoms with Gasteiger partial charge in [-0.3, -0.25) is 4.57 Å². The van der Waals surface area contributed by atoms with E-state index in [4.69, 9.17) is 9.47 Å². The molecule has 2 aliphatic rings. The van der Waals surface area contributed by atoms with Crippen LogP contribution in [0.25, 0.3) is 17.0 Å². The van der Waals surface area contributed by atoms with Crippen molar-refractivity contribution < 1.29 is 26.7 Å². The average Bonchev–Trinajstić information content (AvgIpc) is 3.53. The molecule has 2 aromatic heterocycles. The number of ether oxygens (including phenoxy) is 2. The Labute approximate surface area is 212 Å². The molecule has 12 nitrogen and oxygen atoms in total. The first-order valence-corrected chi connectivity index (χ1v) is 13.6. The predicted molar refractivity (Wildman–Crippen MR) is 132 cm³/mol. The Bertz CT molecular complexity index is 1400. The van der Waals surface area contributed by atoms with Gasteiger partial charge in [-0.1, -0.05) is 6.07 Å². The first-order valence-electron chi connectivity index (χ1n) is 11.8. The minimum absolute atomic E-state index is 0.00235. The third-order valence-corrected chi connectivity index (χ3v) is 8.01. The van der Waals surface area contributed by atoms with Gasteiger partial charge in [-0.2, -0.15) is 15.0 Å². The highest BCUT2D eigenvalue weighted by atomic mass is 32.2. The molecule has 1 aromatic carbocycles. The summed E-state index contributed by atoms with van der Waals surface area (Å²) in [5.41, 5.74) is 0.641. The van der Waals surface area contributed by atoms with Crippen molar-refractivity contribution >= 4 is 33.0 Å². The van der Waals surface area contributed by atoms with Gasteiger partial charge in [0.25, 0.3) is 6.43 Å².